The van der Waals surface area contributed by atoms with E-state index in [9.17, 15) is 27.8 Å². The molecule has 0 aliphatic carbocycles. The van der Waals surface area contributed by atoms with E-state index in [1.165, 1.54) is 44.9 Å². The molecule has 0 aliphatic heterocycles. The molecule has 48 heavy (non-hydrogen) atoms. The predicted molar refractivity (Wildman–Crippen MR) is 185 cm³/mol. The largest absolute Gasteiger partial charge is 0.756 e. The normalized spacial score (nSPS) is 14.1. The second kappa shape index (κ2) is 28.6. The fourth-order valence-corrected chi connectivity index (χ4v) is 5.86. The van der Waals surface area contributed by atoms with Gasteiger partial charge < -0.3 is 27.9 Å². The summed E-state index contributed by atoms with van der Waals surface area (Å²) in [5.41, 5.74) is 0. The molecule has 0 aromatic rings. The molecule has 0 bridgehead atoms. The zero-order valence-corrected chi connectivity index (χ0v) is 32.0. The Kier molecular flexibility index (Phi) is 27.9. The first-order valence-electron chi connectivity index (χ1n) is 18.9. The number of alkyl halides is 2. The Labute approximate surface area is 291 Å². The Morgan fingerprint density at radius 3 is 1.46 bits per heavy atom. The third kappa shape index (κ3) is 32.1. The number of carbonyl (C=O) groups is 2. The first-order valence-corrected chi connectivity index (χ1v) is 20.3. The lowest BCUT2D eigenvalue weighted by molar-refractivity contribution is -0.870. The molecular weight excluding hydrogens is 643 g/mol. The average molecular weight is 714 g/mol. The van der Waals surface area contributed by atoms with Crippen LogP contribution in [0.5, 0.6) is 0 Å². The van der Waals surface area contributed by atoms with E-state index >= 15 is 0 Å². The molecular formula is C36H70F2NO8P. The monoisotopic (exact) mass is 713 g/mol. The molecule has 0 saturated heterocycles. The number of likely N-dealkylation sites (N-methyl/N-ethyl adjacent to an activating group) is 1. The Morgan fingerprint density at radius 1 is 0.646 bits per heavy atom. The van der Waals surface area contributed by atoms with Crippen molar-refractivity contribution >= 4 is 19.8 Å². The van der Waals surface area contributed by atoms with E-state index in [2.05, 4.69) is 13.8 Å². The third-order valence-electron chi connectivity index (χ3n) is 8.19. The number of ether oxygens (including phenoxy) is 2. The van der Waals surface area contributed by atoms with Crippen molar-refractivity contribution in [2.45, 2.75) is 180 Å². The Morgan fingerprint density at radius 2 is 1.02 bits per heavy atom. The van der Waals surface area contributed by atoms with E-state index in [0.29, 0.717) is 43.1 Å². The first-order chi connectivity index (χ1) is 22.7. The number of hydrogen-bond acceptors (Lipinski definition) is 8. The van der Waals surface area contributed by atoms with Crippen molar-refractivity contribution < 1.29 is 50.8 Å². The van der Waals surface area contributed by atoms with Crippen LogP contribution < -0.4 is 4.89 Å². The van der Waals surface area contributed by atoms with Gasteiger partial charge in [0.15, 0.2) is 0 Å². The summed E-state index contributed by atoms with van der Waals surface area (Å²) in [6.07, 6.45) is 16.4. The molecule has 12 heteroatoms. The molecule has 0 radical (unpaired) electrons. The van der Waals surface area contributed by atoms with Gasteiger partial charge in [-0.05, 0) is 25.7 Å². The summed E-state index contributed by atoms with van der Waals surface area (Å²) in [6.45, 7) is 4.29. The van der Waals surface area contributed by atoms with Crippen LogP contribution >= 0.6 is 7.82 Å². The van der Waals surface area contributed by atoms with E-state index < -0.39 is 38.6 Å². The number of phosphoric acid groups is 1. The molecule has 0 heterocycles. The summed E-state index contributed by atoms with van der Waals surface area (Å²) in [7, 11) is 1.10. The van der Waals surface area contributed by atoms with Crippen LogP contribution in [0.4, 0.5) is 8.78 Å². The van der Waals surface area contributed by atoms with E-state index in [1.54, 1.807) is 0 Å². The average Bonchev–Trinajstić information content (AvgIpc) is 2.98. The smallest absolute Gasteiger partial charge is 0.308 e. The number of rotatable bonds is 34. The summed E-state index contributed by atoms with van der Waals surface area (Å²) >= 11 is 0. The number of quaternary nitrogens is 1. The van der Waals surface area contributed by atoms with Crippen molar-refractivity contribution in [2.24, 2.45) is 0 Å². The Balaban J connectivity index is 4.62. The number of nitrogens with zero attached hydrogens (tertiary/aromatic N) is 1. The summed E-state index contributed by atoms with van der Waals surface area (Å²) in [4.78, 5) is 37.2. The second-order valence-corrected chi connectivity index (χ2v) is 15.6. The number of esters is 2. The molecule has 0 rings (SSSR count). The lowest BCUT2D eigenvalue weighted by Crippen LogP contribution is -2.37. The van der Waals surface area contributed by atoms with Gasteiger partial charge in [-0.2, -0.15) is 0 Å². The molecule has 286 valence electrons. The second-order valence-electron chi connectivity index (χ2n) is 14.2. The minimum absolute atomic E-state index is 0.0235. The maximum absolute atomic E-state index is 14.2. The molecule has 0 aromatic heterocycles. The summed E-state index contributed by atoms with van der Waals surface area (Å²) in [5, 5.41) is 0. The van der Waals surface area contributed by atoms with E-state index in [-0.39, 0.29) is 38.7 Å². The summed E-state index contributed by atoms with van der Waals surface area (Å²) < 4.78 is 61.5. The molecule has 0 saturated carbocycles. The van der Waals surface area contributed by atoms with Gasteiger partial charge in [0.05, 0.1) is 27.7 Å². The molecule has 9 nitrogen and oxygen atoms in total. The quantitative estimate of drug-likeness (QED) is 0.0213. The van der Waals surface area contributed by atoms with Crippen molar-refractivity contribution in [1.29, 1.82) is 0 Å². The standard InChI is InChI=1S/C36H70F2NO8P/c1-6-8-10-12-13-14-15-16-17-18-21-25-33(40)46-35(27-31-44-48(42,43)45-32-30-39(3,4)5)47-34(41)26-22-20-24-29-36(37,38)28-23-19-11-9-7-2/h35H,6-32H2,1-5H3. The van der Waals surface area contributed by atoms with Crippen LogP contribution in [0, 0.1) is 0 Å². The lowest BCUT2D eigenvalue weighted by Gasteiger charge is -2.27. The van der Waals surface area contributed by atoms with Gasteiger partial charge in [-0.25, -0.2) is 8.78 Å². The van der Waals surface area contributed by atoms with Crippen molar-refractivity contribution in [3.63, 3.8) is 0 Å². The van der Waals surface area contributed by atoms with Crippen molar-refractivity contribution in [3.05, 3.63) is 0 Å². The van der Waals surface area contributed by atoms with Gasteiger partial charge in [-0.1, -0.05) is 110 Å². The van der Waals surface area contributed by atoms with Gasteiger partial charge in [0.25, 0.3) is 7.82 Å². The number of phosphoric ester groups is 1. The highest BCUT2D eigenvalue weighted by atomic mass is 31.2. The van der Waals surface area contributed by atoms with Crippen LogP contribution in [-0.4, -0.2) is 69.5 Å². The minimum Gasteiger partial charge on any atom is -0.756 e. The fourth-order valence-electron chi connectivity index (χ4n) is 5.15. The number of halogens is 2. The van der Waals surface area contributed by atoms with Crippen LogP contribution in [0.25, 0.3) is 0 Å². The van der Waals surface area contributed by atoms with Crippen LogP contribution in [0.15, 0.2) is 0 Å². The van der Waals surface area contributed by atoms with Crippen molar-refractivity contribution in [1.82, 2.24) is 0 Å². The predicted octanol–water partition coefficient (Wildman–Crippen LogP) is 9.64. The highest BCUT2D eigenvalue weighted by Crippen LogP contribution is 2.38. The summed E-state index contributed by atoms with van der Waals surface area (Å²) in [6, 6.07) is 0. The molecule has 0 fully saturated rings. The van der Waals surface area contributed by atoms with Crippen molar-refractivity contribution in [3.8, 4) is 0 Å². The highest BCUT2D eigenvalue weighted by molar-refractivity contribution is 7.45. The van der Waals surface area contributed by atoms with Gasteiger partial charge in [-0.3, -0.25) is 14.2 Å². The molecule has 0 N–H and O–H groups in total. The zero-order chi connectivity index (χ0) is 36.2. The summed E-state index contributed by atoms with van der Waals surface area (Å²) in [5.74, 6) is -3.88. The van der Waals surface area contributed by atoms with Crippen LogP contribution in [0.2, 0.25) is 0 Å². The van der Waals surface area contributed by atoms with Gasteiger partial charge in [0.1, 0.15) is 13.2 Å². The number of unbranched alkanes of at least 4 members (excludes halogenated alkanes) is 16. The van der Waals surface area contributed by atoms with Crippen LogP contribution in [0.3, 0.4) is 0 Å². The van der Waals surface area contributed by atoms with E-state index in [4.69, 9.17) is 18.5 Å². The molecule has 2 atom stereocenters. The molecule has 2 unspecified atom stereocenters. The Bertz CT molecular complexity index is 856. The SMILES string of the molecule is CCCCCCCCCCCCCC(=O)OC(CCOP(=O)([O-])OCC[N+](C)(C)C)OC(=O)CCCCCC(F)(F)CCCCCCC. The van der Waals surface area contributed by atoms with Gasteiger partial charge in [0, 0.05) is 32.1 Å². The topological polar surface area (TPSA) is 111 Å². The van der Waals surface area contributed by atoms with E-state index in [0.717, 1.165) is 44.9 Å². The lowest BCUT2D eigenvalue weighted by atomic mass is 10.0. The van der Waals surface area contributed by atoms with Crippen LogP contribution in [-0.2, 0) is 32.7 Å². The molecule has 0 spiro atoms. The first kappa shape index (κ1) is 46.9. The highest BCUT2D eigenvalue weighted by Gasteiger charge is 2.27. The molecule has 0 aliphatic rings. The fraction of sp³-hybridized carbons (Fsp3) is 0.944. The van der Waals surface area contributed by atoms with Gasteiger partial charge in [0.2, 0.25) is 12.2 Å². The van der Waals surface area contributed by atoms with Gasteiger partial charge >= 0.3 is 11.9 Å². The number of hydrogen-bond donors (Lipinski definition) is 0. The third-order valence-corrected chi connectivity index (χ3v) is 9.19. The Hall–Kier alpha value is -1.13. The van der Waals surface area contributed by atoms with E-state index in [1.807, 2.05) is 21.1 Å². The van der Waals surface area contributed by atoms with Crippen molar-refractivity contribution in [2.75, 3.05) is 40.9 Å². The molecule has 0 aromatic carbocycles. The zero-order valence-electron chi connectivity index (χ0n) is 31.1. The minimum atomic E-state index is -4.60. The number of carbonyl (C=O) groups excluding carboxylic acids is 2. The molecule has 0 amide bonds. The van der Waals surface area contributed by atoms with Crippen LogP contribution in [0.1, 0.15) is 168 Å². The maximum atomic E-state index is 14.2. The maximum Gasteiger partial charge on any atom is 0.308 e. The van der Waals surface area contributed by atoms with Gasteiger partial charge in [-0.15, -0.1) is 0 Å².